The minimum absolute atomic E-state index is 0.152. The first-order chi connectivity index (χ1) is 9.17. The Labute approximate surface area is 122 Å². The largest absolute Gasteiger partial charge is 0.377 e. The summed E-state index contributed by atoms with van der Waals surface area (Å²) in [6.07, 6.45) is 2.06. The molecular formula is C15H29N3O2. The highest BCUT2D eigenvalue weighted by atomic mass is 16.5. The molecule has 2 N–H and O–H groups in total. The molecule has 0 amide bonds. The van der Waals surface area contributed by atoms with Crippen LogP contribution in [-0.4, -0.2) is 22.9 Å². The van der Waals surface area contributed by atoms with E-state index in [1.54, 1.807) is 0 Å². The fourth-order valence-corrected chi connectivity index (χ4v) is 2.29. The van der Waals surface area contributed by atoms with Crippen LogP contribution in [0.25, 0.3) is 0 Å². The Balaban J connectivity index is 2.50. The van der Waals surface area contributed by atoms with Gasteiger partial charge in [-0.15, -0.1) is 0 Å². The Kier molecular flexibility index (Phi) is 6.14. The SMILES string of the molecule is CC(Cc1nc(C(N)COC(C)C)no1)CC(C)(C)C. The summed E-state index contributed by atoms with van der Waals surface area (Å²) in [6, 6.07) is -0.326. The lowest BCUT2D eigenvalue weighted by Gasteiger charge is -2.22. The molecule has 0 saturated carbocycles. The molecule has 0 bridgehead atoms. The van der Waals surface area contributed by atoms with E-state index < -0.39 is 0 Å². The molecule has 20 heavy (non-hydrogen) atoms. The number of rotatable bonds is 7. The quantitative estimate of drug-likeness (QED) is 0.832. The minimum atomic E-state index is -0.326. The van der Waals surface area contributed by atoms with Gasteiger partial charge in [-0.2, -0.15) is 4.98 Å². The Hall–Kier alpha value is -0.940. The Morgan fingerprint density at radius 3 is 2.45 bits per heavy atom. The van der Waals surface area contributed by atoms with Crippen LogP contribution < -0.4 is 5.73 Å². The molecule has 0 aromatic carbocycles. The fourth-order valence-electron chi connectivity index (χ4n) is 2.29. The van der Waals surface area contributed by atoms with Gasteiger partial charge in [-0.3, -0.25) is 0 Å². The van der Waals surface area contributed by atoms with Crippen molar-refractivity contribution in [3.63, 3.8) is 0 Å². The van der Waals surface area contributed by atoms with Gasteiger partial charge in [-0.25, -0.2) is 0 Å². The van der Waals surface area contributed by atoms with Crippen LogP contribution in [0, 0.1) is 11.3 Å². The molecule has 1 heterocycles. The highest BCUT2D eigenvalue weighted by Crippen LogP contribution is 2.26. The molecule has 1 aromatic heterocycles. The predicted molar refractivity (Wildman–Crippen MR) is 79.3 cm³/mol. The third kappa shape index (κ3) is 6.48. The summed E-state index contributed by atoms with van der Waals surface area (Å²) >= 11 is 0. The maximum Gasteiger partial charge on any atom is 0.226 e. The number of aromatic nitrogens is 2. The van der Waals surface area contributed by atoms with Gasteiger partial charge in [-0.1, -0.05) is 32.9 Å². The standard InChI is InChI=1S/C15H29N3O2/c1-10(2)19-9-12(16)14-17-13(20-18-14)7-11(3)8-15(4,5)6/h10-12H,7-9,16H2,1-6H3. The summed E-state index contributed by atoms with van der Waals surface area (Å²) in [5, 5.41) is 3.95. The summed E-state index contributed by atoms with van der Waals surface area (Å²) in [4.78, 5) is 4.38. The van der Waals surface area contributed by atoms with Crippen molar-refractivity contribution in [2.24, 2.45) is 17.1 Å². The van der Waals surface area contributed by atoms with Gasteiger partial charge in [0.25, 0.3) is 0 Å². The Morgan fingerprint density at radius 2 is 1.90 bits per heavy atom. The van der Waals surface area contributed by atoms with Crippen molar-refractivity contribution in [3.8, 4) is 0 Å². The van der Waals surface area contributed by atoms with E-state index in [9.17, 15) is 0 Å². The molecular weight excluding hydrogens is 254 g/mol. The van der Waals surface area contributed by atoms with Crippen molar-refractivity contribution in [3.05, 3.63) is 11.7 Å². The second-order valence-electron chi connectivity index (χ2n) is 7.11. The van der Waals surface area contributed by atoms with Gasteiger partial charge in [0.05, 0.1) is 18.8 Å². The van der Waals surface area contributed by atoms with Crippen molar-refractivity contribution in [2.75, 3.05) is 6.61 Å². The molecule has 1 aromatic rings. The first-order valence-electron chi connectivity index (χ1n) is 7.37. The van der Waals surface area contributed by atoms with Gasteiger partial charge < -0.3 is 15.0 Å². The molecule has 0 fully saturated rings. The summed E-state index contributed by atoms with van der Waals surface area (Å²) in [6.45, 7) is 13.3. The number of nitrogens with zero attached hydrogens (tertiary/aromatic N) is 2. The van der Waals surface area contributed by atoms with Crippen LogP contribution in [0.1, 0.15) is 65.7 Å². The lowest BCUT2D eigenvalue weighted by Crippen LogP contribution is -2.21. The fraction of sp³-hybridized carbons (Fsp3) is 0.867. The molecule has 0 aliphatic heterocycles. The topological polar surface area (TPSA) is 74.2 Å². The maximum absolute atomic E-state index is 5.98. The summed E-state index contributed by atoms with van der Waals surface area (Å²) in [5.74, 6) is 1.70. The number of nitrogens with two attached hydrogens (primary N) is 1. The highest BCUT2D eigenvalue weighted by Gasteiger charge is 2.20. The highest BCUT2D eigenvalue weighted by molar-refractivity contribution is 4.94. The molecule has 5 nitrogen and oxygen atoms in total. The van der Waals surface area contributed by atoms with Crippen LogP contribution in [0.4, 0.5) is 0 Å². The average molecular weight is 283 g/mol. The van der Waals surface area contributed by atoms with Crippen molar-refractivity contribution in [1.82, 2.24) is 10.1 Å². The molecule has 0 radical (unpaired) electrons. The van der Waals surface area contributed by atoms with E-state index in [-0.39, 0.29) is 12.1 Å². The van der Waals surface area contributed by atoms with E-state index in [1.807, 2.05) is 13.8 Å². The van der Waals surface area contributed by atoms with Crippen LogP contribution >= 0.6 is 0 Å². The van der Waals surface area contributed by atoms with Crippen molar-refractivity contribution >= 4 is 0 Å². The predicted octanol–water partition coefficient (Wildman–Crippen LogP) is 3.11. The van der Waals surface area contributed by atoms with E-state index in [0.717, 1.165) is 12.8 Å². The van der Waals surface area contributed by atoms with Gasteiger partial charge in [0.15, 0.2) is 5.82 Å². The average Bonchev–Trinajstić information content (AvgIpc) is 2.71. The van der Waals surface area contributed by atoms with Gasteiger partial charge in [0.1, 0.15) is 0 Å². The molecule has 0 saturated heterocycles. The maximum atomic E-state index is 5.98. The van der Waals surface area contributed by atoms with E-state index >= 15 is 0 Å². The van der Waals surface area contributed by atoms with E-state index in [0.29, 0.717) is 29.7 Å². The molecule has 2 atom stereocenters. The third-order valence-corrected chi connectivity index (χ3v) is 2.91. The molecule has 2 unspecified atom stereocenters. The van der Waals surface area contributed by atoms with Crippen LogP contribution in [0.3, 0.4) is 0 Å². The van der Waals surface area contributed by atoms with Crippen molar-refractivity contribution < 1.29 is 9.26 Å². The lowest BCUT2D eigenvalue weighted by atomic mass is 9.84. The third-order valence-electron chi connectivity index (χ3n) is 2.91. The zero-order valence-corrected chi connectivity index (χ0v) is 13.6. The first kappa shape index (κ1) is 17.1. The minimum Gasteiger partial charge on any atom is -0.377 e. The van der Waals surface area contributed by atoms with Crippen LogP contribution in [-0.2, 0) is 11.2 Å². The first-order valence-corrected chi connectivity index (χ1v) is 7.37. The second kappa shape index (κ2) is 7.18. The number of hydrogen-bond acceptors (Lipinski definition) is 5. The van der Waals surface area contributed by atoms with Crippen LogP contribution in [0.2, 0.25) is 0 Å². The lowest BCUT2D eigenvalue weighted by molar-refractivity contribution is 0.0665. The zero-order chi connectivity index (χ0) is 15.3. The summed E-state index contributed by atoms with van der Waals surface area (Å²) < 4.78 is 10.7. The summed E-state index contributed by atoms with van der Waals surface area (Å²) in [7, 11) is 0. The van der Waals surface area contributed by atoms with Gasteiger partial charge in [-0.05, 0) is 31.6 Å². The van der Waals surface area contributed by atoms with Gasteiger partial charge >= 0.3 is 0 Å². The van der Waals surface area contributed by atoms with E-state index in [1.165, 1.54) is 0 Å². The Bertz CT molecular complexity index is 396. The number of ether oxygens (including phenoxy) is 1. The van der Waals surface area contributed by atoms with Crippen LogP contribution in [0.5, 0.6) is 0 Å². The van der Waals surface area contributed by atoms with Crippen molar-refractivity contribution in [2.45, 2.75) is 66.5 Å². The van der Waals surface area contributed by atoms with Crippen molar-refractivity contribution in [1.29, 1.82) is 0 Å². The van der Waals surface area contributed by atoms with Gasteiger partial charge in [0.2, 0.25) is 5.89 Å². The molecule has 0 spiro atoms. The number of hydrogen-bond donors (Lipinski definition) is 1. The smallest absolute Gasteiger partial charge is 0.226 e. The molecule has 0 aliphatic carbocycles. The molecule has 0 aliphatic rings. The second-order valence-corrected chi connectivity index (χ2v) is 7.11. The normalized spacial score (nSPS) is 15.6. The summed E-state index contributed by atoms with van der Waals surface area (Å²) in [5.41, 5.74) is 6.29. The van der Waals surface area contributed by atoms with E-state index in [2.05, 4.69) is 37.8 Å². The van der Waals surface area contributed by atoms with Crippen LogP contribution in [0.15, 0.2) is 4.52 Å². The molecule has 116 valence electrons. The Morgan fingerprint density at radius 1 is 1.25 bits per heavy atom. The van der Waals surface area contributed by atoms with E-state index in [4.69, 9.17) is 15.0 Å². The molecule has 5 heteroatoms. The molecule has 1 rings (SSSR count). The monoisotopic (exact) mass is 283 g/mol. The van der Waals surface area contributed by atoms with Gasteiger partial charge in [0, 0.05) is 6.42 Å². The zero-order valence-electron chi connectivity index (χ0n) is 13.6.